The number of nitrogens with two attached hydrogens (primary N) is 1. The molecule has 0 aliphatic carbocycles. The molecule has 0 saturated heterocycles. The molecule has 0 aromatic carbocycles. The summed E-state index contributed by atoms with van der Waals surface area (Å²) >= 11 is 0. The van der Waals surface area contributed by atoms with Gasteiger partial charge in [0.25, 0.3) is 5.91 Å². The van der Waals surface area contributed by atoms with Crippen LogP contribution in [0.4, 0.5) is 0 Å². The zero-order chi connectivity index (χ0) is 12.3. The Hall–Kier alpha value is -1.85. The number of amides is 1. The Kier molecular flexibility index (Phi) is 3.31. The van der Waals surface area contributed by atoms with Gasteiger partial charge in [-0.2, -0.15) is 13.4 Å². The fourth-order valence-corrected chi connectivity index (χ4v) is 0.914. The normalized spacial score (nSPS) is 22.4. The van der Waals surface area contributed by atoms with Gasteiger partial charge < -0.3 is 11.1 Å². The first-order chi connectivity index (χ1) is 7.27. The first kappa shape index (κ1) is 12.2. The molecule has 2 aliphatic rings. The van der Waals surface area contributed by atoms with Crippen molar-refractivity contribution in [1.29, 1.82) is 0 Å². The Morgan fingerprint density at radius 1 is 1.44 bits per heavy atom. The van der Waals surface area contributed by atoms with Crippen molar-refractivity contribution in [3.8, 4) is 0 Å². The van der Waals surface area contributed by atoms with E-state index in [0.29, 0.717) is 5.84 Å². The molecule has 0 aromatic rings. The number of nitrogens with one attached hydrogen (secondary N) is 1. The summed E-state index contributed by atoms with van der Waals surface area (Å²) in [6, 6.07) is -0.625. The van der Waals surface area contributed by atoms with Crippen LogP contribution >= 0.6 is 0 Å². The van der Waals surface area contributed by atoms with E-state index >= 15 is 0 Å². The minimum Gasteiger partial charge on any atom is -0.368 e. The van der Waals surface area contributed by atoms with Gasteiger partial charge in [0.2, 0.25) is 5.96 Å². The molecule has 1 atom stereocenters. The Bertz CT molecular complexity index is 483. The van der Waals surface area contributed by atoms with Crippen LogP contribution < -0.4 is 11.1 Å². The minimum atomic E-state index is -4.67. The number of fused-ring (bicyclic) bond motifs is 1. The summed E-state index contributed by atoms with van der Waals surface area (Å²) in [5, 5.41) is 2.40. The van der Waals surface area contributed by atoms with E-state index in [1.807, 2.05) is 0 Å². The molecule has 0 spiro atoms. The quantitative estimate of drug-likeness (QED) is 0.348. The van der Waals surface area contributed by atoms with Gasteiger partial charge in [0.05, 0.1) is 6.34 Å². The van der Waals surface area contributed by atoms with Crippen LogP contribution in [0.1, 0.15) is 0 Å². The molecule has 0 saturated carbocycles. The third-order valence-corrected chi connectivity index (χ3v) is 1.39. The highest BCUT2D eigenvalue weighted by atomic mass is 32.3. The Morgan fingerprint density at radius 2 is 2.00 bits per heavy atom. The van der Waals surface area contributed by atoms with E-state index in [-0.39, 0.29) is 11.9 Å². The van der Waals surface area contributed by atoms with Crippen molar-refractivity contribution in [2.24, 2.45) is 20.7 Å². The molecule has 1 amide bonds. The third kappa shape index (κ3) is 3.72. The van der Waals surface area contributed by atoms with E-state index < -0.39 is 16.4 Å². The molecule has 5 N–H and O–H groups in total. The second-order valence-electron chi connectivity index (χ2n) is 2.57. The molecule has 2 rings (SSSR count). The van der Waals surface area contributed by atoms with Gasteiger partial charge in [-0.25, -0.2) is 9.98 Å². The fourth-order valence-electron chi connectivity index (χ4n) is 0.914. The monoisotopic (exact) mass is 249 g/mol. The summed E-state index contributed by atoms with van der Waals surface area (Å²) in [7, 11) is -4.67. The molecule has 0 bridgehead atoms. The summed E-state index contributed by atoms with van der Waals surface area (Å²) in [4.78, 5) is 22.3. The first-order valence-electron chi connectivity index (χ1n) is 3.72. The molecule has 2 aliphatic heterocycles. The molecule has 0 fully saturated rings. The van der Waals surface area contributed by atoms with E-state index in [0.717, 1.165) is 0 Å². The summed E-state index contributed by atoms with van der Waals surface area (Å²) in [6.07, 6.45) is 1.28. The van der Waals surface area contributed by atoms with E-state index in [4.69, 9.17) is 23.3 Å². The van der Waals surface area contributed by atoms with Crippen molar-refractivity contribution in [3.63, 3.8) is 0 Å². The zero-order valence-electron chi connectivity index (χ0n) is 7.60. The zero-order valence-corrected chi connectivity index (χ0v) is 8.42. The van der Waals surface area contributed by atoms with Gasteiger partial charge in [-0.1, -0.05) is 0 Å². The summed E-state index contributed by atoms with van der Waals surface area (Å²) in [5.74, 6) is 0.240. The Balaban J connectivity index is 0.000000221. The van der Waals surface area contributed by atoms with E-state index in [1.165, 1.54) is 6.34 Å². The lowest BCUT2D eigenvalue weighted by atomic mass is 10.2. The maximum Gasteiger partial charge on any atom is 0.394 e. The SMILES string of the molecule is NC1=NC2C(=O)NC=NC2=N1.O=S(=O)(O)O. The maximum atomic E-state index is 11.0. The third-order valence-electron chi connectivity index (χ3n) is 1.39. The van der Waals surface area contributed by atoms with Gasteiger partial charge in [0.15, 0.2) is 11.9 Å². The van der Waals surface area contributed by atoms with E-state index in [9.17, 15) is 4.79 Å². The molecule has 0 aromatic heterocycles. The largest absolute Gasteiger partial charge is 0.394 e. The van der Waals surface area contributed by atoms with Gasteiger partial charge in [-0.05, 0) is 0 Å². The molecular formula is C5H7N5O5S. The lowest BCUT2D eigenvalue weighted by molar-refractivity contribution is -0.119. The molecule has 16 heavy (non-hydrogen) atoms. The summed E-state index contributed by atoms with van der Waals surface area (Å²) < 4.78 is 31.6. The molecule has 11 heteroatoms. The van der Waals surface area contributed by atoms with Crippen LogP contribution in [0, 0.1) is 0 Å². The number of rotatable bonds is 0. The van der Waals surface area contributed by atoms with Crippen LogP contribution in [0.3, 0.4) is 0 Å². The van der Waals surface area contributed by atoms with Crippen LogP contribution in [0.2, 0.25) is 0 Å². The molecular weight excluding hydrogens is 242 g/mol. The number of amidine groups is 1. The van der Waals surface area contributed by atoms with Crippen LogP contribution in [-0.4, -0.2) is 47.6 Å². The van der Waals surface area contributed by atoms with Gasteiger partial charge >= 0.3 is 10.4 Å². The second kappa shape index (κ2) is 4.34. The lowest BCUT2D eigenvalue weighted by Crippen LogP contribution is -2.40. The van der Waals surface area contributed by atoms with Gasteiger partial charge in [0.1, 0.15) is 0 Å². The van der Waals surface area contributed by atoms with Crippen molar-refractivity contribution in [3.05, 3.63) is 0 Å². The van der Waals surface area contributed by atoms with Crippen LogP contribution in [0.25, 0.3) is 0 Å². The molecule has 2 heterocycles. The van der Waals surface area contributed by atoms with Crippen molar-refractivity contribution in [2.45, 2.75) is 6.04 Å². The number of carbonyl (C=O) groups excluding carboxylic acids is 1. The second-order valence-corrected chi connectivity index (χ2v) is 3.47. The predicted octanol–water partition coefficient (Wildman–Crippen LogP) is -2.41. The van der Waals surface area contributed by atoms with Crippen molar-refractivity contribution < 1.29 is 22.3 Å². The lowest BCUT2D eigenvalue weighted by Gasteiger charge is -2.09. The summed E-state index contributed by atoms with van der Waals surface area (Å²) in [6.45, 7) is 0. The topological polar surface area (TPSA) is 167 Å². The standard InChI is InChI=1S/C5H5N5O.H2O4S/c6-5-9-2-3(10-5)7-1-8-4(2)11;1-5(2,3)4/h1-2H,(H3,6,7,8,9,10,11);(H2,1,2,3,4). The highest BCUT2D eigenvalue weighted by molar-refractivity contribution is 7.79. The van der Waals surface area contributed by atoms with Gasteiger partial charge in [-0.3, -0.25) is 13.9 Å². The fraction of sp³-hybridized carbons (Fsp3) is 0.200. The average molecular weight is 249 g/mol. The molecule has 0 radical (unpaired) electrons. The van der Waals surface area contributed by atoms with E-state index in [1.54, 1.807) is 0 Å². The van der Waals surface area contributed by atoms with Crippen molar-refractivity contribution >= 4 is 34.4 Å². The minimum absolute atomic E-state index is 0.110. The van der Waals surface area contributed by atoms with Crippen LogP contribution in [0.15, 0.2) is 15.0 Å². The van der Waals surface area contributed by atoms with Crippen LogP contribution in [-0.2, 0) is 15.2 Å². The Labute approximate surface area is 89.6 Å². The number of hydrogen-bond donors (Lipinski definition) is 4. The summed E-state index contributed by atoms with van der Waals surface area (Å²) in [5.41, 5.74) is 5.27. The van der Waals surface area contributed by atoms with E-state index in [2.05, 4.69) is 20.3 Å². The van der Waals surface area contributed by atoms with Crippen molar-refractivity contribution in [1.82, 2.24) is 5.32 Å². The molecule has 1 unspecified atom stereocenters. The smallest absolute Gasteiger partial charge is 0.368 e. The van der Waals surface area contributed by atoms with Gasteiger partial charge in [0, 0.05) is 0 Å². The van der Waals surface area contributed by atoms with Crippen molar-refractivity contribution in [2.75, 3.05) is 0 Å². The molecule has 10 nitrogen and oxygen atoms in total. The Morgan fingerprint density at radius 3 is 2.50 bits per heavy atom. The predicted molar refractivity (Wildman–Crippen MR) is 53.7 cm³/mol. The highest BCUT2D eigenvalue weighted by Gasteiger charge is 2.30. The maximum absolute atomic E-state index is 11.0. The van der Waals surface area contributed by atoms with Crippen LogP contribution in [0.5, 0.6) is 0 Å². The highest BCUT2D eigenvalue weighted by Crippen LogP contribution is 2.07. The van der Waals surface area contributed by atoms with Gasteiger partial charge in [-0.15, -0.1) is 0 Å². The molecule has 88 valence electrons. The number of guanidine groups is 1. The number of aliphatic imine (C=N–C) groups is 3. The number of nitrogens with zero attached hydrogens (tertiary/aromatic N) is 3. The number of hydrogen-bond acceptors (Lipinski definition) is 7. The average Bonchev–Trinajstić information content (AvgIpc) is 2.44. The first-order valence-corrected chi connectivity index (χ1v) is 5.12. The number of carbonyl (C=O) groups is 1.